The van der Waals surface area contributed by atoms with Gasteiger partial charge < -0.3 is 9.05 Å². The first kappa shape index (κ1) is 13.9. The van der Waals surface area contributed by atoms with Crippen molar-refractivity contribution in [3.05, 3.63) is 23.4 Å². The fourth-order valence-corrected chi connectivity index (χ4v) is 2.94. The number of likely N-dealkylation sites (tertiary alicyclic amines) is 1. The largest absolute Gasteiger partial charge is 0.339 e. The molecule has 0 bridgehead atoms. The molecular weight excluding hydrogens is 282 g/mol. The summed E-state index contributed by atoms with van der Waals surface area (Å²) in [5, 5.41) is 8.24. The van der Waals surface area contributed by atoms with Crippen molar-refractivity contribution >= 4 is 0 Å². The summed E-state index contributed by atoms with van der Waals surface area (Å²) in [5.41, 5.74) is 0. The van der Waals surface area contributed by atoms with E-state index in [0.29, 0.717) is 24.2 Å². The van der Waals surface area contributed by atoms with E-state index in [2.05, 4.69) is 39.0 Å². The summed E-state index contributed by atoms with van der Waals surface area (Å²) in [6.45, 7) is 5.77. The first-order valence-corrected chi connectivity index (χ1v) is 8.10. The van der Waals surface area contributed by atoms with Crippen LogP contribution >= 0.6 is 0 Å². The molecular formula is C15H21N5O2. The zero-order valence-corrected chi connectivity index (χ0v) is 13.0. The van der Waals surface area contributed by atoms with Gasteiger partial charge in [-0.25, -0.2) is 0 Å². The van der Waals surface area contributed by atoms with E-state index in [9.17, 15) is 0 Å². The molecule has 1 saturated heterocycles. The Bertz CT molecular complexity index is 646. The van der Waals surface area contributed by atoms with Gasteiger partial charge in [0.2, 0.25) is 11.8 Å². The van der Waals surface area contributed by atoms with Crippen LogP contribution in [0.25, 0.3) is 0 Å². The predicted octanol–water partition coefficient (Wildman–Crippen LogP) is 2.79. The van der Waals surface area contributed by atoms with Crippen LogP contribution < -0.4 is 0 Å². The van der Waals surface area contributed by atoms with Crippen molar-refractivity contribution < 1.29 is 9.05 Å². The van der Waals surface area contributed by atoms with Crippen LogP contribution in [0.2, 0.25) is 0 Å². The Labute approximate surface area is 129 Å². The quantitative estimate of drug-likeness (QED) is 0.840. The SMILES string of the molecule is CC(C)c1nc([C@H]2CCCN2Cc2nc(C3CC3)no2)no1. The molecule has 1 saturated carbocycles. The zero-order chi connectivity index (χ0) is 15.1. The van der Waals surface area contributed by atoms with Crippen molar-refractivity contribution in [2.24, 2.45) is 0 Å². The van der Waals surface area contributed by atoms with Crippen LogP contribution in [0.1, 0.15) is 80.8 Å². The number of rotatable bonds is 5. The van der Waals surface area contributed by atoms with Crippen LogP contribution in [0.15, 0.2) is 9.05 Å². The molecule has 22 heavy (non-hydrogen) atoms. The summed E-state index contributed by atoms with van der Waals surface area (Å²) in [6, 6.07) is 0.188. The summed E-state index contributed by atoms with van der Waals surface area (Å²) in [7, 11) is 0. The summed E-state index contributed by atoms with van der Waals surface area (Å²) in [6.07, 6.45) is 4.54. The first-order valence-electron chi connectivity index (χ1n) is 8.10. The Morgan fingerprint density at radius 2 is 1.91 bits per heavy atom. The van der Waals surface area contributed by atoms with Crippen LogP contribution in [0.5, 0.6) is 0 Å². The topological polar surface area (TPSA) is 81.1 Å². The first-order chi connectivity index (χ1) is 10.7. The number of hydrogen-bond acceptors (Lipinski definition) is 7. The van der Waals surface area contributed by atoms with E-state index in [4.69, 9.17) is 9.05 Å². The highest BCUT2D eigenvalue weighted by Crippen LogP contribution is 2.38. The molecule has 7 heteroatoms. The lowest BCUT2D eigenvalue weighted by Gasteiger charge is -2.19. The molecule has 0 radical (unpaired) electrons. The van der Waals surface area contributed by atoms with Gasteiger partial charge in [-0.15, -0.1) is 0 Å². The molecule has 2 fully saturated rings. The van der Waals surface area contributed by atoms with Gasteiger partial charge in [0.25, 0.3) is 0 Å². The normalized spacial score (nSPS) is 22.8. The minimum atomic E-state index is 0.188. The highest BCUT2D eigenvalue weighted by Gasteiger charge is 2.33. The van der Waals surface area contributed by atoms with Crippen LogP contribution in [0.3, 0.4) is 0 Å². The second-order valence-electron chi connectivity index (χ2n) is 6.59. The lowest BCUT2D eigenvalue weighted by molar-refractivity contribution is 0.202. The molecule has 2 aromatic heterocycles. The smallest absolute Gasteiger partial charge is 0.240 e. The lowest BCUT2D eigenvalue weighted by atomic mass is 10.2. The molecule has 0 spiro atoms. The highest BCUT2D eigenvalue weighted by atomic mass is 16.5. The van der Waals surface area contributed by atoms with Gasteiger partial charge in [-0.2, -0.15) is 9.97 Å². The summed E-state index contributed by atoms with van der Waals surface area (Å²) < 4.78 is 10.7. The third-order valence-corrected chi connectivity index (χ3v) is 4.38. The Balaban J connectivity index is 1.47. The molecule has 118 valence electrons. The standard InChI is InChI=1S/C15H21N5O2/c1-9(2)15-17-14(19-22-15)11-4-3-7-20(11)8-12-16-13(18-21-12)10-5-6-10/h9-11H,3-8H2,1-2H3/t11-/m1/s1. The van der Waals surface area contributed by atoms with Crippen LogP contribution in [-0.4, -0.2) is 31.7 Å². The molecule has 2 aliphatic rings. The second kappa shape index (κ2) is 5.46. The molecule has 7 nitrogen and oxygen atoms in total. The number of nitrogens with zero attached hydrogens (tertiary/aromatic N) is 5. The third kappa shape index (κ3) is 2.65. The van der Waals surface area contributed by atoms with Gasteiger partial charge >= 0.3 is 0 Å². The predicted molar refractivity (Wildman–Crippen MR) is 77.0 cm³/mol. The van der Waals surface area contributed by atoms with E-state index in [1.807, 2.05) is 0 Å². The average Bonchev–Trinajstić information content (AvgIpc) is 2.95. The van der Waals surface area contributed by atoms with Crippen molar-refractivity contribution in [2.45, 2.75) is 64.0 Å². The average molecular weight is 303 g/mol. The van der Waals surface area contributed by atoms with Gasteiger partial charge in [-0.05, 0) is 32.2 Å². The zero-order valence-electron chi connectivity index (χ0n) is 13.0. The van der Waals surface area contributed by atoms with Gasteiger partial charge in [0.05, 0.1) is 12.6 Å². The van der Waals surface area contributed by atoms with Gasteiger partial charge in [-0.3, -0.25) is 4.90 Å². The maximum atomic E-state index is 5.39. The van der Waals surface area contributed by atoms with Crippen LogP contribution in [0.4, 0.5) is 0 Å². The van der Waals surface area contributed by atoms with E-state index < -0.39 is 0 Å². The maximum Gasteiger partial charge on any atom is 0.240 e. The number of aromatic nitrogens is 4. The van der Waals surface area contributed by atoms with E-state index in [-0.39, 0.29) is 12.0 Å². The molecule has 0 unspecified atom stereocenters. The molecule has 2 aromatic rings. The molecule has 1 atom stereocenters. The van der Waals surface area contributed by atoms with E-state index in [1.54, 1.807) is 0 Å². The second-order valence-corrected chi connectivity index (χ2v) is 6.59. The Morgan fingerprint density at radius 1 is 1.09 bits per heavy atom. The summed E-state index contributed by atoms with van der Waals surface area (Å²) in [4.78, 5) is 11.4. The maximum absolute atomic E-state index is 5.39. The molecule has 3 heterocycles. The third-order valence-electron chi connectivity index (χ3n) is 4.38. The fourth-order valence-electron chi connectivity index (χ4n) is 2.94. The molecule has 4 rings (SSSR count). The lowest BCUT2D eigenvalue weighted by Crippen LogP contribution is -2.23. The molecule has 0 amide bonds. The van der Waals surface area contributed by atoms with Crippen molar-refractivity contribution in [2.75, 3.05) is 6.54 Å². The minimum absolute atomic E-state index is 0.188. The van der Waals surface area contributed by atoms with E-state index in [1.165, 1.54) is 12.8 Å². The Hall–Kier alpha value is -1.76. The number of hydrogen-bond donors (Lipinski definition) is 0. The fraction of sp³-hybridized carbons (Fsp3) is 0.733. The van der Waals surface area contributed by atoms with Crippen molar-refractivity contribution in [1.82, 2.24) is 25.2 Å². The van der Waals surface area contributed by atoms with Gasteiger partial charge in [0, 0.05) is 11.8 Å². The van der Waals surface area contributed by atoms with Crippen molar-refractivity contribution in [3.63, 3.8) is 0 Å². The van der Waals surface area contributed by atoms with E-state index in [0.717, 1.165) is 31.0 Å². The summed E-state index contributed by atoms with van der Waals surface area (Å²) in [5.74, 6) is 3.83. The molecule has 0 N–H and O–H groups in total. The van der Waals surface area contributed by atoms with Crippen LogP contribution in [-0.2, 0) is 6.54 Å². The minimum Gasteiger partial charge on any atom is -0.339 e. The molecule has 1 aliphatic heterocycles. The summed E-state index contributed by atoms with van der Waals surface area (Å²) >= 11 is 0. The van der Waals surface area contributed by atoms with Crippen molar-refractivity contribution in [1.29, 1.82) is 0 Å². The van der Waals surface area contributed by atoms with Crippen LogP contribution in [0, 0.1) is 0 Å². The van der Waals surface area contributed by atoms with Gasteiger partial charge in [-0.1, -0.05) is 24.2 Å². The van der Waals surface area contributed by atoms with Gasteiger partial charge in [0.15, 0.2) is 11.6 Å². The van der Waals surface area contributed by atoms with Gasteiger partial charge in [0.1, 0.15) is 0 Å². The highest BCUT2D eigenvalue weighted by molar-refractivity contribution is 5.04. The van der Waals surface area contributed by atoms with Crippen molar-refractivity contribution in [3.8, 4) is 0 Å². The Morgan fingerprint density at radius 3 is 2.64 bits per heavy atom. The molecule has 0 aromatic carbocycles. The monoisotopic (exact) mass is 303 g/mol. The molecule has 1 aliphatic carbocycles. The Kier molecular flexibility index (Phi) is 3.44. The van der Waals surface area contributed by atoms with E-state index >= 15 is 0 Å².